The molecule has 18 heavy (non-hydrogen) atoms. The SMILES string of the molecule is CCCNc1ncccc1Cn1ccnc1C#N. The summed E-state index contributed by atoms with van der Waals surface area (Å²) in [5, 5.41) is 12.2. The molecule has 0 fully saturated rings. The highest BCUT2D eigenvalue weighted by atomic mass is 15.1. The highest BCUT2D eigenvalue weighted by Crippen LogP contribution is 2.14. The smallest absolute Gasteiger partial charge is 0.213 e. The molecule has 0 spiro atoms. The molecule has 2 aromatic rings. The summed E-state index contributed by atoms with van der Waals surface area (Å²) in [7, 11) is 0. The van der Waals surface area contributed by atoms with Gasteiger partial charge in [0.15, 0.2) is 0 Å². The molecule has 5 nitrogen and oxygen atoms in total. The number of nitrogens with zero attached hydrogens (tertiary/aromatic N) is 4. The van der Waals surface area contributed by atoms with Crippen molar-refractivity contribution < 1.29 is 0 Å². The van der Waals surface area contributed by atoms with Crippen LogP contribution in [0, 0.1) is 11.3 Å². The fraction of sp³-hybridized carbons (Fsp3) is 0.308. The molecule has 2 aromatic heterocycles. The first-order chi connectivity index (χ1) is 8.85. The zero-order valence-corrected chi connectivity index (χ0v) is 10.3. The quantitative estimate of drug-likeness (QED) is 0.869. The molecule has 0 bridgehead atoms. The Kier molecular flexibility index (Phi) is 3.92. The molecule has 1 N–H and O–H groups in total. The van der Waals surface area contributed by atoms with E-state index >= 15 is 0 Å². The molecular formula is C13H15N5. The number of hydrogen-bond donors (Lipinski definition) is 1. The summed E-state index contributed by atoms with van der Waals surface area (Å²) in [4.78, 5) is 8.31. The van der Waals surface area contributed by atoms with E-state index in [1.807, 2.05) is 16.7 Å². The van der Waals surface area contributed by atoms with E-state index < -0.39 is 0 Å². The average Bonchev–Trinajstić information content (AvgIpc) is 2.85. The van der Waals surface area contributed by atoms with Crippen molar-refractivity contribution in [3.05, 3.63) is 42.1 Å². The van der Waals surface area contributed by atoms with Crippen LogP contribution < -0.4 is 5.32 Å². The van der Waals surface area contributed by atoms with E-state index in [0.717, 1.165) is 24.3 Å². The number of anilines is 1. The zero-order valence-electron chi connectivity index (χ0n) is 10.3. The summed E-state index contributed by atoms with van der Waals surface area (Å²) in [5.41, 5.74) is 1.06. The lowest BCUT2D eigenvalue weighted by Crippen LogP contribution is -2.08. The van der Waals surface area contributed by atoms with Gasteiger partial charge in [-0.1, -0.05) is 13.0 Å². The molecule has 2 heterocycles. The van der Waals surface area contributed by atoms with Crippen LogP contribution in [0.25, 0.3) is 0 Å². The zero-order chi connectivity index (χ0) is 12.8. The standard InChI is InChI=1S/C13H15N5/c1-2-5-16-13-11(4-3-6-17-13)10-18-8-7-15-12(18)9-14/h3-4,6-8H,2,5,10H2,1H3,(H,16,17). The molecule has 0 saturated carbocycles. The lowest BCUT2D eigenvalue weighted by atomic mass is 10.2. The van der Waals surface area contributed by atoms with Crippen molar-refractivity contribution in [2.24, 2.45) is 0 Å². The summed E-state index contributed by atoms with van der Waals surface area (Å²) in [6, 6.07) is 5.97. The van der Waals surface area contributed by atoms with Gasteiger partial charge in [-0.25, -0.2) is 9.97 Å². The minimum Gasteiger partial charge on any atom is -0.370 e. The summed E-state index contributed by atoms with van der Waals surface area (Å²) >= 11 is 0. The van der Waals surface area contributed by atoms with E-state index in [4.69, 9.17) is 5.26 Å². The Balaban J connectivity index is 2.21. The topological polar surface area (TPSA) is 66.5 Å². The number of nitriles is 1. The van der Waals surface area contributed by atoms with Gasteiger partial charge in [0.1, 0.15) is 11.9 Å². The summed E-state index contributed by atoms with van der Waals surface area (Å²) in [6.07, 6.45) is 6.24. The minimum absolute atomic E-state index is 0.417. The maximum Gasteiger partial charge on any atom is 0.213 e. The normalized spacial score (nSPS) is 10.0. The maximum absolute atomic E-state index is 8.93. The molecule has 2 rings (SSSR count). The van der Waals surface area contributed by atoms with Gasteiger partial charge in [-0.15, -0.1) is 0 Å². The van der Waals surface area contributed by atoms with E-state index in [1.54, 1.807) is 18.6 Å². The van der Waals surface area contributed by atoms with Gasteiger partial charge < -0.3 is 9.88 Å². The number of nitrogens with one attached hydrogen (secondary N) is 1. The fourth-order valence-corrected chi connectivity index (χ4v) is 1.70. The van der Waals surface area contributed by atoms with Crippen LogP contribution in [0.4, 0.5) is 5.82 Å². The Bertz CT molecular complexity index is 553. The van der Waals surface area contributed by atoms with Crippen LogP contribution in [-0.2, 0) is 6.54 Å². The molecule has 0 amide bonds. The second-order valence-corrected chi connectivity index (χ2v) is 3.93. The van der Waals surface area contributed by atoms with Gasteiger partial charge in [-0.3, -0.25) is 0 Å². The van der Waals surface area contributed by atoms with Crippen LogP contribution in [0.5, 0.6) is 0 Å². The number of imidazole rings is 1. The number of pyridine rings is 1. The van der Waals surface area contributed by atoms with Crippen LogP contribution in [0.2, 0.25) is 0 Å². The first-order valence-corrected chi connectivity index (χ1v) is 5.94. The molecule has 0 aromatic carbocycles. The lowest BCUT2D eigenvalue weighted by Gasteiger charge is -2.10. The van der Waals surface area contributed by atoms with Crippen molar-refractivity contribution in [3.63, 3.8) is 0 Å². The van der Waals surface area contributed by atoms with E-state index in [1.165, 1.54) is 0 Å². The van der Waals surface area contributed by atoms with E-state index in [2.05, 4.69) is 28.3 Å². The third-order valence-electron chi connectivity index (χ3n) is 2.59. The molecule has 5 heteroatoms. The largest absolute Gasteiger partial charge is 0.370 e. The van der Waals surface area contributed by atoms with Gasteiger partial charge >= 0.3 is 0 Å². The third-order valence-corrected chi connectivity index (χ3v) is 2.59. The molecule has 0 atom stereocenters. The molecule has 0 saturated heterocycles. The number of rotatable bonds is 5. The van der Waals surface area contributed by atoms with Crippen LogP contribution >= 0.6 is 0 Å². The van der Waals surface area contributed by atoms with Gasteiger partial charge in [-0.05, 0) is 12.5 Å². The second-order valence-electron chi connectivity index (χ2n) is 3.93. The highest BCUT2D eigenvalue weighted by Gasteiger charge is 2.06. The predicted octanol–water partition coefficient (Wildman–Crippen LogP) is 2.02. The molecule has 0 aliphatic carbocycles. The monoisotopic (exact) mass is 241 g/mol. The maximum atomic E-state index is 8.93. The Morgan fingerprint density at radius 1 is 1.39 bits per heavy atom. The van der Waals surface area contributed by atoms with E-state index in [0.29, 0.717) is 12.4 Å². The third kappa shape index (κ3) is 2.66. The summed E-state index contributed by atoms with van der Waals surface area (Å²) < 4.78 is 1.81. The molecular weight excluding hydrogens is 226 g/mol. The second kappa shape index (κ2) is 5.82. The van der Waals surface area contributed by atoms with Crippen LogP contribution in [0.1, 0.15) is 24.7 Å². The van der Waals surface area contributed by atoms with Gasteiger partial charge in [0, 0.05) is 30.7 Å². The van der Waals surface area contributed by atoms with Gasteiger partial charge in [0.05, 0.1) is 6.54 Å². The van der Waals surface area contributed by atoms with Crippen molar-refractivity contribution in [2.75, 3.05) is 11.9 Å². The van der Waals surface area contributed by atoms with Crippen LogP contribution in [0.15, 0.2) is 30.7 Å². The van der Waals surface area contributed by atoms with Crippen molar-refractivity contribution in [2.45, 2.75) is 19.9 Å². The van der Waals surface area contributed by atoms with Gasteiger partial charge in [0.2, 0.25) is 5.82 Å². The van der Waals surface area contributed by atoms with Crippen LogP contribution in [-0.4, -0.2) is 21.1 Å². The first-order valence-electron chi connectivity index (χ1n) is 5.94. The average molecular weight is 241 g/mol. The van der Waals surface area contributed by atoms with E-state index in [-0.39, 0.29) is 0 Å². The van der Waals surface area contributed by atoms with Crippen LogP contribution in [0.3, 0.4) is 0 Å². The molecule has 0 aliphatic rings. The van der Waals surface area contributed by atoms with Crippen molar-refractivity contribution in [1.82, 2.24) is 14.5 Å². The Morgan fingerprint density at radius 2 is 2.28 bits per heavy atom. The molecule has 0 unspecified atom stereocenters. The minimum atomic E-state index is 0.417. The van der Waals surface area contributed by atoms with Gasteiger partial charge in [-0.2, -0.15) is 5.26 Å². The summed E-state index contributed by atoms with van der Waals surface area (Å²) in [6.45, 7) is 3.60. The molecule has 92 valence electrons. The number of aromatic nitrogens is 3. The molecule has 0 radical (unpaired) electrons. The molecule has 0 aliphatic heterocycles. The van der Waals surface area contributed by atoms with Crippen molar-refractivity contribution >= 4 is 5.82 Å². The summed E-state index contributed by atoms with van der Waals surface area (Å²) in [5.74, 6) is 1.29. The Labute approximate surface area is 106 Å². The fourth-order valence-electron chi connectivity index (χ4n) is 1.70. The highest BCUT2D eigenvalue weighted by molar-refractivity contribution is 5.44. The van der Waals surface area contributed by atoms with E-state index in [9.17, 15) is 0 Å². The lowest BCUT2D eigenvalue weighted by molar-refractivity contribution is 0.778. The van der Waals surface area contributed by atoms with Crippen molar-refractivity contribution in [1.29, 1.82) is 5.26 Å². The first kappa shape index (κ1) is 12.1. The predicted molar refractivity (Wildman–Crippen MR) is 69.1 cm³/mol. The van der Waals surface area contributed by atoms with Gasteiger partial charge in [0.25, 0.3) is 0 Å². The Hall–Kier alpha value is -2.35. The van der Waals surface area contributed by atoms with Crippen molar-refractivity contribution in [3.8, 4) is 6.07 Å². The number of hydrogen-bond acceptors (Lipinski definition) is 4. The Morgan fingerprint density at radius 3 is 3.06 bits per heavy atom.